The Hall–Kier alpha value is 0.230. The summed E-state index contributed by atoms with van der Waals surface area (Å²) in [6, 6.07) is 2.96. The van der Waals surface area contributed by atoms with Crippen molar-refractivity contribution in [1.82, 2.24) is 0 Å². The lowest BCUT2D eigenvalue weighted by Gasteiger charge is -2.04. The van der Waals surface area contributed by atoms with E-state index >= 15 is 0 Å². The van der Waals surface area contributed by atoms with Crippen molar-refractivity contribution in [2.45, 2.75) is 11.8 Å². The van der Waals surface area contributed by atoms with E-state index in [0.29, 0.717) is 15.1 Å². The second kappa shape index (κ2) is 3.77. The van der Waals surface area contributed by atoms with Gasteiger partial charge in [0.2, 0.25) is 0 Å². The molecule has 0 atom stereocenters. The first kappa shape index (κ1) is 11.3. The van der Waals surface area contributed by atoms with E-state index in [1.54, 1.807) is 13.0 Å². The summed E-state index contributed by atoms with van der Waals surface area (Å²) in [6.07, 6.45) is 0. The minimum Gasteiger partial charge on any atom is -0.207 e. The Balaban J connectivity index is 3.53. The van der Waals surface area contributed by atoms with Crippen LogP contribution in [0.2, 0.25) is 5.02 Å². The molecule has 0 aliphatic carbocycles. The fourth-order valence-corrected chi connectivity index (χ4v) is 2.75. The van der Waals surface area contributed by atoms with Gasteiger partial charge in [0.1, 0.15) is 0 Å². The Morgan fingerprint density at radius 2 is 1.92 bits per heavy atom. The van der Waals surface area contributed by atoms with Gasteiger partial charge in [-0.05, 0) is 40.5 Å². The molecule has 13 heavy (non-hydrogen) atoms. The third kappa shape index (κ3) is 2.37. The standard InChI is InChI=1S/C7H5BrCl2O2S/c1-4-6(13(10,11)12)3-2-5(8)7(4)9/h2-3H,1H3. The van der Waals surface area contributed by atoms with Crippen molar-refractivity contribution in [3.8, 4) is 0 Å². The summed E-state index contributed by atoms with van der Waals surface area (Å²) in [6.45, 7) is 1.60. The van der Waals surface area contributed by atoms with Crippen LogP contribution in [0, 0.1) is 6.92 Å². The van der Waals surface area contributed by atoms with Crippen LogP contribution in [0.15, 0.2) is 21.5 Å². The van der Waals surface area contributed by atoms with Crippen molar-refractivity contribution in [3.63, 3.8) is 0 Å². The van der Waals surface area contributed by atoms with E-state index in [-0.39, 0.29) is 4.90 Å². The second-order valence-electron chi connectivity index (χ2n) is 2.42. The number of hydrogen-bond acceptors (Lipinski definition) is 2. The molecule has 6 heteroatoms. The molecule has 2 nitrogen and oxygen atoms in total. The van der Waals surface area contributed by atoms with Gasteiger partial charge >= 0.3 is 0 Å². The van der Waals surface area contributed by atoms with Gasteiger partial charge in [0, 0.05) is 15.2 Å². The molecule has 0 amide bonds. The van der Waals surface area contributed by atoms with Crippen LogP contribution in [0.1, 0.15) is 5.56 Å². The molecule has 0 aliphatic rings. The largest absolute Gasteiger partial charge is 0.261 e. The van der Waals surface area contributed by atoms with Crippen LogP contribution in [0.4, 0.5) is 0 Å². The van der Waals surface area contributed by atoms with Gasteiger partial charge < -0.3 is 0 Å². The van der Waals surface area contributed by atoms with Gasteiger partial charge in [-0.1, -0.05) is 11.6 Å². The van der Waals surface area contributed by atoms with Crippen LogP contribution in [-0.4, -0.2) is 8.42 Å². The fourth-order valence-electron chi connectivity index (χ4n) is 0.898. The van der Waals surface area contributed by atoms with Crippen LogP contribution in [0.3, 0.4) is 0 Å². The van der Waals surface area contributed by atoms with E-state index in [9.17, 15) is 8.42 Å². The summed E-state index contributed by atoms with van der Waals surface area (Å²) in [5.74, 6) is 0. The van der Waals surface area contributed by atoms with Gasteiger partial charge in [-0.3, -0.25) is 0 Å². The molecule has 1 aromatic carbocycles. The van der Waals surface area contributed by atoms with Crippen LogP contribution in [-0.2, 0) is 9.05 Å². The van der Waals surface area contributed by atoms with E-state index in [4.69, 9.17) is 22.3 Å². The molecule has 0 aromatic heterocycles. The lowest BCUT2D eigenvalue weighted by Crippen LogP contribution is -1.95. The molecule has 0 N–H and O–H groups in total. The van der Waals surface area contributed by atoms with Crippen LogP contribution < -0.4 is 0 Å². The molecule has 0 unspecified atom stereocenters. The molecule has 0 saturated carbocycles. The third-order valence-corrected chi connectivity index (χ3v) is 4.39. The summed E-state index contributed by atoms with van der Waals surface area (Å²) in [5.41, 5.74) is 0.450. The Kier molecular flexibility index (Phi) is 3.28. The van der Waals surface area contributed by atoms with Gasteiger partial charge in [-0.25, -0.2) is 8.42 Å². The first-order valence-electron chi connectivity index (χ1n) is 3.23. The molecule has 0 spiro atoms. The number of benzene rings is 1. The van der Waals surface area contributed by atoms with E-state index < -0.39 is 9.05 Å². The molecule has 0 bridgehead atoms. The highest BCUT2D eigenvalue weighted by molar-refractivity contribution is 9.10. The van der Waals surface area contributed by atoms with Gasteiger partial charge in [0.05, 0.1) is 9.92 Å². The normalized spacial score (nSPS) is 11.7. The fraction of sp³-hybridized carbons (Fsp3) is 0.143. The Bertz CT molecular complexity index is 442. The zero-order valence-corrected chi connectivity index (χ0v) is 10.4. The maximum absolute atomic E-state index is 11.0. The lowest BCUT2D eigenvalue weighted by atomic mass is 10.2. The van der Waals surface area contributed by atoms with Crippen LogP contribution in [0.5, 0.6) is 0 Å². The topological polar surface area (TPSA) is 34.1 Å². The zero-order chi connectivity index (χ0) is 10.2. The average molecular weight is 304 g/mol. The average Bonchev–Trinajstić information content (AvgIpc) is 1.98. The van der Waals surface area contributed by atoms with Gasteiger partial charge in [-0.2, -0.15) is 0 Å². The maximum Gasteiger partial charge on any atom is 0.261 e. The molecular weight excluding hydrogens is 299 g/mol. The molecule has 0 aliphatic heterocycles. The highest BCUT2D eigenvalue weighted by Crippen LogP contribution is 2.31. The van der Waals surface area contributed by atoms with Crippen LogP contribution >= 0.6 is 38.2 Å². The van der Waals surface area contributed by atoms with Crippen molar-refractivity contribution in [1.29, 1.82) is 0 Å². The summed E-state index contributed by atoms with van der Waals surface area (Å²) >= 11 is 9.00. The minimum atomic E-state index is -3.71. The predicted molar refractivity (Wildman–Crippen MR) is 56.9 cm³/mol. The van der Waals surface area contributed by atoms with E-state index in [1.807, 2.05) is 0 Å². The Labute approximate surface area is 94.4 Å². The smallest absolute Gasteiger partial charge is 0.207 e. The number of hydrogen-bond donors (Lipinski definition) is 0. The van der Waals surface area contributed by atoms with Crippen molar-refractivity contribution in [2.75, 3.05) is 0 Å². The molecule has 72 valence electrons. The quantitative estimate of drug-likeness (QED) is 0.746. The highest BCUT2D eigenvalue weighted by Gasteiger charge is 2.16. The Morgan fingerprint density at radius 1 is 1.38 bits per heavy atom. The summed E-state index contributed by atoms with van der Waals surface area (Å²) < 4.78 is 22.7. The summed E-state index contributed by atoms with van der Waals surface area (Å²) in [5, 5.41) is 0.363. The first-order chi connectivity index (χ1) is 5.84. The van der Waals surface area contributed by atoms with E-state index in [1.165, 1.54) is 6.07 Å². The second-order valence-corrected chi connectivity index (χ2v) is 6.19. The molecule has 1 rings (SSSR count). The third-order valence-electron chi connectivity index (χ3n) is 1.55. The van der Waals surface area contributed by atoms with Crippen molar-refractivity contribution in [2.24, 2.45) is 0 Å². The van der Waals surface area contributed by atoms with Gasteiger partial charge in [0.25, 0.3) is 9.05 Å². The van der Waals surface area contributed by atoms with E-state index in [2.05, 4.69) is 15.9 Å². The van der Waals surface area contributed by atoms with Gasteiger partial charge in [-0.15, -0.1) is 0 Å². The highest BCUT2D eigenvalue weighted by atomic mass is 79.9. The monoisotopic (exact) mass is 302 g/mol. The SMILES string of the molecule is Cc1c(S(=O)(=O)Cl)ccc(Br)c1Cl. The molecule has 1 aromatic rings. The number of halogens is 3. The Morgan fingerprint density at radius 3 is 2.38 bits per heavy atom. The van der Waals surface area contributed by atoms with Crippen molar-refractivity contribution in [3.05, 3.63) is 27.2 Å². The molecule has 0 heterocycles. The van der Waals surface area contributed by atoms with Gasteiger partial charge in [0.15, 0.2) is 0 Å². The van der Waals surface area contributed by atoms with Crippen molar-refractivity contribution >= 4 is 47.3 Å². The van der Waals surface area contributed by atoms with Crippen LogP contribution in [0.25, 0.3) is 0 Å². The zero-order valence-electron chi connectivity index (χ0n) is 6.51. The summed E-state index contributed by atoms with van der Waals surface area (Å²) in [7, 11) is 1.48. The molecule has 0 radical (unpaired) electrons. The molecule has 0 fully saturated rings. The lowest BCUT2D eigenvalue weighted by molar-refractivity contribution is 0.609. The number of rotatable bonds is 1. The molecule has 0 saturated heterocycles. The van der Waals surface area contributed by atoms with Crippen molar-refractivity contribution < 1.29 is 8.42 Å². The predicted octanol–water partition coefficient (Wildman–Crippen LogP) is 3.34. The minimum absolute atomic E-state index is 0.0439. The first-order valence-corrected chi connectivity index (χ1v) is 6.71. The summed E-state index contributed by atoms with van der Waals surface area (Å²) in [4.78, 5) is 0.0439. The van der Waals surface area contributed by atoms with E-state index in [0.717, 1.165) is 0 Å². The molecular formula is C7H5BrCl2O2S. The maximum atomic E-state index is 11.0.